The van der Waals surface area contributed by atoms with Gasteiger partial charge in [-0.05, 0) is 23.8 Å². The SMILES string of the molecule is NC(=O)Cc1ccc(Nc2nccc(-c3ccccc3)n2)cc1. The number of hydrogen-bond acceptors (Lipinski definition) is 4. The standard InChI is InChI=1S/C18H16N4O/c19-17(23)12-13-6-8-15(9-7-13)21-18-20-11-10-16(22-18)14-4-2-1-3-5-14/h1-11H,12H2,(H2,19,23)(H,20,21,22). The van der Waals surface area contributed by atoms with Crippen LogP contribution in [0.1, 0.15) is 5.56 Å². The molecule has 0 unspecified atom stereocenters. The smallest absolute Gasteiger partial charge is 0.227 e. The monoisotopic (exact) mass is 304 g/mol. The first kappa shape index (κ1) is 14.7. The highest BCUT2D eigenvalue weighted by molar-refractivity contribution is 5.76. The second kappa shape index (κ2) is 6.70. The number of aromatic nitrogens is 2. The molecular weight excluding hydrogens is 288 g/mol. The summed E-state index contributed by atoms with van der Waals surface area (Å²) in [5, 5.41) is 3.16. The van der Waals surface area contributed by atoms with Crippen LogP contribution >= 0.6 is 0 Å². The lowest BCUT2D eigenvalue weighted by Gasteiger charge is -2.07. The molecule has 0 aliphatic heterocycles. The van der Waals surface area contributed by atoms with Crippen LogP contribution in [0.4, 0.5) is 11.6 Å². The fraction of sp³-hybridized carbons (Fsp3) is 0.0556. The topological polar surface area (TPSA) is 80.9 Å². The molecule has 0 spiro atoms. The van der Waals surface area contributed by atoms with Crippen molar-refractivity contribution in [1.29, 1.82) is 0 Å². The number of benzene rings is 2. The molecule has 0 saturated carbocycles. The van der Waals surface area contributed by atoms with Gasteiger partial charge in [0.2, 0.25) is 11.9 Å². The van der Waals surface area contributed by atoms with E-state index in [4.69, 9.17) is 5.73 Å². The first-order valence-corrected chi connectivity index (χ1v) is 7.23. The highest BCUT2D eigenvalue weighted by atomic mass is 16.1. The number of anilines is 2. The van der Waals surface area contributed by atoms with E-state index in [2.05, 4.69) is 15.3 Å². The van der Waals surface area contributed by atoms with Crippen LogP contribution in [-0.2, 0) is 11.2 Å². The van der Waals surface area contributed by atoms with Crippen LogP contribution in [0, 0.1) is 0 Å². The zero-order chi connectivity index (χ0) is 16.1. The van der Waals surface area contributed by atoms with Gasteiger partial charge in [-0.1, -0.05) is 42.5 Å². The summed E-state index contributed by atoms with van der Waals surface area (Å²) in [5.74, 6) is 0.179. The summed E-state index contributed by atoms with van der Waals surface area (Å²) in [6, 6.07) is 19.3. The number of primary amides is 1. The molecule has 0 fully saturated rings. The fourth-order valence-electron chi connectivity index (χ4n) is 2.22. The number of amides is 1. The summed E-state index contributed by atoms with van der Waals surface area (Å²) in [5.41, 5.74) is 8.80. The minimum atomic E-state index is -0.343. The molecule has 0 aliphatic carbocycles. The van der Waals surface area contributed by atoms with E-state index in [0.717, 1.165) is 22.5 Å². The van der Waals surface area contributed by atoms with Crippen LogP contribution in [0.5, 0.6) is 0 Å². The third kappa shape index (κ3) is 3.91. The summed E-state index contributed by atoms with van der Waals surface area (Å²) in [6.07, 6.45) is 1.96. The second-order valence-electron chi connectivity index (χ2n) is 5.10. The molecule has 1 heterocycles. The first-order valence-electron chi connectivity index (χ1n) is 7.23. The number of nitrogens with two attached hydrogens (primary N) is 1. The van der Waals surface area contributed by atoms with E-state index in [1.54, 1.807) is 6.20 Å². The first-order chi connectivity index (χ1) is 11.2. The average molecular weight is 304 g/mol. The largest absolute Gasteiger partial charge is 0.369 e. The summed E-state index contributed by atoms with van der Waals surface area (Å²) in [7, 11) is 0. The Balaban J connectivity index is 1.77. The summed E-state index contributed by atoms with van der Waals surface area (Å²) in [6.45, 7) is 0. The lowest BCUT2D eigenvalue weighted by atomic mass is 10.1. The zero-order valence-corrected chi connectivity index (χ0v) is 12.4. The number of nitrogens with zero attached hydrogens (tertiary/aromatic N) is 2. The van der Waals surface area contributed by atoms with Crippen LogP contribution < -0.4 is 11.1 Å². The van der Waals surface area contributed by atoms with Gasteiger partial charge in [0.05, 0.1) is 12.1 Å². The predicted molar refractivity (Wildman–Crippen MR) is 90.1 cm³/mol. The van der Waals surface area contributed by atoms with Crippen molar-refractivity contribution < 1.29 is 4.79 Å². The minimum Gasteiger partial charge on any atom is -0.369 e. The van der Waals surface area contributed by atoms with Crippen LogP contribution in [0.3, 0.4) is 0 Å². The molecule has 2 aromatic carbocycles. The van der Waals surface area contributed by atoms with Crippen molar-refractivity contribution in [1.82, 2.24) is 9.97 Å². The normalized spacial score (nSPS) is 10.3. The highest BCUT2D eigenvalue weighted by Crippen LogP contribution is 2.19. The molecule has 3 N–H and O–H groups in total. The fourth-order valence-corrected chi connectivity index (χ4v) is 2.22. The van der Waals surface area contributed by atoms with E-state index < -0.39 is 0 Å². The van der Waals surface area contributed by atoms with E-state index in [9.17, 15) is 4.79 Å². The van der Waals surface area contributed by atoms with E-state index in [0.29, 0.717) is 5.95 Å². The van der Waals surface area contributed by atoms with Gasteiger partial charge in [-0.15, -0.1) is 0 Å². The zero-order valence-electron chi connectivity index (χ0n) is 12.4. The van der Waals surface area contributed by atoms with Crippen LogP contribution in [-0.4, -0.2) is 15.9 Å². The average Bonchev–Trinajstić information content (AvgIpc) is 2.57. The van der Waals surface area contributed by atoms with Gasteiger partial charge in [0.25, 0.3) is 0 Å². The van der Waals surface area contributed by atoms with Crippen LogP contribution in [0.15, 0.2) is 66.9 Å². The number of nitrogens with one attached hydrogen (secondary N) is 1. The van der Waals surface area contributed by atoms with Gasteiger partial charge < -0.3 is 11.1 Å². The third-order valence-electron chi connectivity index (χ3n) is 3.31. The van der Waals surface area contributed by atoms with E-state index in [1.165, 1.54) is 0 Å². The van der Waals surface area contributed by atoms with Gasteiger partial charge in [-0.3, -0.25) is 4.79 Å². The third-order valence-corrected chi connectivity index (χ3v) is 3.31. The van der Waals surface area contributed by atoms with Crippen molar-refractivity contribution in [2.75, 3.05) is 5.32 Å². The quantitative estimate of drug-likeness (QED) is 0.759. The number of rotatable bonds is 5. The molecule has 3 rings (SSSR count). The maximum atomic E-state index is 10.9. The second-order valence-corrected chi connectivity index (χ2v) is 5.10. The summed E-state index contributed by atoms with van der Waals surface area (Å²) >= 11 is 0. The van der Waals surface area contributed by atoms with Gasteiger partial charge in [0, 0.05) is 17.4 Å². The molecule has 0 atom stereocenters. The number of hydrogen-bond donors (Lipinski definition) is 2. The molecule has 0 saturated heterocycles. The predicted octanol–water partition coefficient (Wildman–Crippen LogP) is 2.92. The van der Waals surface area contributed by atoms with Gasteiger partial charge in [-0.25, -0.2) is 9.97 Å². The van der Waals surface area contributed by atoms with Crippen molar-refractivity contribution in [3.63, 3.8) is 0 Å². The van der Waals surface area contributed by atoms with Crippen molar-refractivity contribution in [2.45, 2.75) is 6.42 Å². The van der Waals surface area contributed by atoms with Gasteiger partial charge in [0.15, 0.2) is 0 Å². The molecule has 0 radical (unpaired) electrons. The lowest BCUT2D eigenvalue weighted by Crippen LogP contribution is -2.13. The van der Waals surface area contributed by atoms with Crippen molar-refractivity contribution >= 4 is 17.5 Å². The molecule has 0 aliphatic rings. The molecule has 114 valence electrons. The van der Waals surface area contributed by atoms with Gasteiger partial charge in [-0.2, -0.15) is 0 Å². The highest BCUT2D eigenvalue weighted by Gasteiger charge is 2.03. The minimum absolute atomic E-state index is 0.236. The number of carbonyl (C=O) groups is 1. The molecule has 1 amide bonds. The maximum Gasteiger partial charge on any atom is 0.227 e. The van der Waals surface area contributed by atoms with Crippen LogP contribution in [0.2, 0.25) is 0 Å². The molecule has 5 nitrogen and oxygen atoms in total. The lowest BCUT2D eigenvalue weighted by molar-refractivity contribution is -0.117. The van der Waals surface area contributed by atoms with Crippen molar-refractivity contribution in [2.24, 2.45) is 5.73 Å². The summed E-state index contributed by atoms with van der Waals surface area (Å²) in [4.78, 5) is 19.7. The van der Waals surface area contributed by atoms with Crippen molar-refractivity contribution in [3.8, 4) is 11.3 Å². The van der Waals surface area contributed by atoms with E-state index in [1.807, 2.05) is 60.7 Å². The molecule has 1 aromatic heterocycles. The van der Waals surface area contributed by atoms with E-state index in [-0.39, 0.29) is 12.3 Å². The Morgan fingerprint density at radius 2 is 1.74 bits per heavy atom. The molecule has 23 heavy (non-hydrogen) atoms. The number of carbonyl (C=O) groups excluding carboxylic acids is 1. The van der Waals surface area contributed by atoms with Gasteiger partial charge in [0.1, 0.15) is 0 Å². The maximum absolute atomic E-state index is 10.9. The van der Waals surface area contributed by atoms with Crippen molar-refractivity contribution in [3.05, 3.63) is 72.4 Å². The molecule has 3 aromatic rings. The molecule has 0 bridgehead atoms. The summed E-state index contributed by atoms with van der Waals surface area (Å²) < 4.78 is 0. The van der Waals surface area contributed by atoms with Crippen LogP contribution in [0.25, 0.3) is 11.3 Å². The Labute approximate surface area is 134 Å². The Morgan fingerprint density at radius 1 is 1.00 bits per heavy atom. The molecule has 5 heteroatoms. The molecular formula is C18H16N4O. The Bertz CT molecular complexity index is 801. The Kier molecular flexibility index (Phi) is 4.29. The van der Waals surface area contributed by atoms with E-state index >= 15 is 0 Å². The Morgan fingerprint density at radius 3 is 2.43 bits per heavy atom. The van der Waals surface area contributed by atoms with Gasteiger partial charge >= 0.3 is 0 Å². The Hall–Kier alpha value is -3.21.